The van der Waals surface area contributed by atoms with Crippen molar-refractivity contribution < 1.29 is 19.1 Å². The fourth-order valence-corrected chi connectivity index (χ4v) is 3.10. The molecule has 0 bridgehead atoms. The van der Waals surface area contributed by atoms with Gasteiger partial charge in [0, 0.05) is 5.41 Å². The van der Waals surface area contributed by atoms with Crippen molar-refractivity contribution >= 4 is 33.4 Å². The van der Waals surface area contributed by atoms with Crippen molar-refractivity contribution in [1.29, 1.82) is 0 Å². The number of amides is 1. The SMILES string of the molecule is CCOc1cccc2sc(=NC(=O)C(C)(C)C)n(CC(=O)OC)c12. The normalized spacial score (nSPS) is 12.5. The van der Waals surface area contributed by atoms with Gasteiger partial charge in [-0.25, -0.2) is 0 Å². The van der Waals surface area contributed by atoms with Crippen LogP contribution in [-0.2, 0) is 20.9 Å². The van der Waals surface area contributed by atoms with Crippen LogP contribution in [0.4, 0.5) is 0 Å². The van der Waals surface area contributed by atoms with Crippen molar-refractivity contribution in [2.45, 2.75) is 34.2 Å². The van der Waals surface area contributed by atoms with E-state index >= 15 is 0 Å². The van der Waals surface area contributed by atoms with Crippen LogP contribution in [0, 0.1) is 5.41 Å². The van der Waals surface area contributed by atoms with E-state index in [1.165, 1.54) is 18.4 Å². The molecular weight excluding hydrogens is 328 g/mol. The number of fused-ring (bicyclic) bond motifs is 1. The highest BCUT2D eigenvalue weighted by atomic mass is 32.1. The second-order valence-corrected chi connectivity index (χ2v) is 7.26. The van der Waals surface area contributed by atoms with Crippen LogP contribution >= 0.6 is 11.3 Å². The molecule has 6 nitrogen and oxygen atoms in total. The minimum atomic E-state index is -0.595. The van der Waals surface area contributed by atoms with Crippen LogP contribution in [0.15, 0.2) is 23.2 Å². The van der Waals surface area contributed by atoms with Crippen LogP contribution < -0.4 is 9.54 Å². The average molecular weight is 350 g/mol. The van der Waals surface area contributed by atoms with Gasteiger partial charge < -0.3 is 14.0 Å². The lowest BCUT2D eigenvalue weighted by molar-refractivity contribution is -0.141. The smallest absolute Gasteiger partial charge is 0.325 e. The highest BCUT2D eigenvalue weighted by Gasteiger charge is 2.22. The van der Waals surface area contributed by atoms with E-state index in [0.29, 0.717) is 17.2 Å². The Hall–Kier alpha value is -2.15. The predicted molar refractivity (Wildman–Crippen MR) is 93.0 cm³/mol. The fourth-order valence-electron chi connectivity index (χ4n) is 2.05. The molecule has 2 aromatic rings. The summed E-state index contributed by atoms with van der Waals surface area (Å²) in [5.74, 6) is -0.00361. The monoisotopic (exact) mass is 350 g/mol. The van der Waals surface area contributed by atoms with Crippen molar-refractivity contribution in [1.82, 2.24) is 4.57 Å². The maximum Gasteiger partial charge on any atom is 0.325 e. The molecule has 2 rings (SSSR count). The molecule has 0 saturated heterocycles. The topological polar surface area (TPSA) is 69.9 Å². The summed E-state index contributed by atoms with van der Waals surface area (Å²) in [6, 6.07) is 5.63. The summed E-state index contributed by atoms with van der Waals surface area (Å²) in [4.78, 5) is 28.8. The Morgan fingerprint density at radius 1 is 1.29 bits per heavy atom. The number of methoxy groups -OCH3 is 1. The van der Waals surface area contributed by atoms with Crippen molar-refractivity contribution in [2.24, 2.45) is 10.4 Å². The van der Waals surface area contributed by atoms with E-state index in [1.54, 1.807) is 4.57 Å². The Kier molecular flexibility index (Phi) is 5.43. The fraction of sp³-hybridized carbons (Fsp3) is 0.471. The maximum absolute atomic E-state index is 12.3. The van der Waals surface area contributed by atoms with Gasteiger partial charge in [0.2, 0.25) is 0 Å². The third-order valence-corrected chi connectivity index (χ3v) is 4.36. The minimum Gasteiger partial charge on any atom is -0.492 e. The second-order valence-electron chi connectivity index (χ2n) is 6.25. The number of hydrogen-bond acceptors (Lipinski definition) is 5. The average Bonchev–Trinajstić information content (AvgIpc) is 2.85. The van der Waals surface area contributed by atoms with Crippen LogP contribution in [-0.4, -0.2) is 30.2 Å². The molecule has 0 fully saturated rings. The number of thiazole rings is 1. The minimum absolute atomic E-state index is 0.0309. The molecule has 7 heteroatoms. The van der Waals surface area contributed by atoms with Gasteiger partial charge in [0.1, 0.15) is 17.8 Å². The molecule has 1 aromatic heterocycles. The molecule has 0 aliphatic carbocycles. The Morgan fingerprint density at radius 2 is 2.00 bits per heavy atom. The number of aromatic nitrogens is 1. The molecule has 130 valence electrons. The second kappa shape index (κ2) is 7.17. The van der Waals surface area contributed by atoms with Gasteiger partial charge in [-0.2, -0.15) is 4.99 Å². The number of benzene rings is 1. The zero-order chi connectivity index (χ0) is 17.9. The van der Waals surface area contributed by atoms with Gasteiger partial charge in [-0.05, 0) is 19.1 Å². The molecule has 0 N–H and O–H groups in total. The van der Waals surface area contributed by atoms with Gasteiger partial charge in [-0.3, -0.25) is 9.59 Å². The first-order valence-corrected chi connectivity index (χ1v) is 8.50. The number of esters is 1. The van der Waals surface area contributed by atoms with E-state index < -0.39 is 11.4 Å². The maximum atomic E-state index is 12.3. The van der Waals surface area contributed by atoms with E-state index in [-0.39, 0.29) is 12.5 Å². The predicted octanol–water partition coefficient (Wildman–Crippen LogP) is 2.75. The van der Waals surface area contributed by atoms with Crippen LogP contribution in [0.5, 0.6) is 5.75 Å². The molecule has 0 aliphatic rings. The van der Waals surface area contributed by atoms with Crippen LogP contribution in [0.25, 0.3) is 10.2 Å². The quantitative estimate of drug-likeness (QED) is 0.795. The molecule has 0 saturated carbocycles. The summed E-state index contributed by atoms with van der Waals surface area (Å²) in [5.41, 5.74) is 0.150. The Morgan fingerprint density at radius 3 is 2.58 bits per heavy atom. The zero-order valence-electron chi connectivity index (χ0n) is 14.6. The van der Waals surface area contributed by atoms with E-state index in [0.717, 1.165) is 10.2 Å². The van der Waals surface area contributed by atoms with Gasteiger partial charge in [0.25, 0.3) is 5.91 Å². The van der Waals surface area contributed by atoms with Crippen molar-refractivity contribution in [3.63, 3.8) is 0 Å². The molecule has 1 amide bonds. The van der Waals surface area contributed by atoms with Gasteiger partial charge in [0.15, 0.2) is 4.80 Å². The first-order chi connectivity index (χ1) is 11.3. The molecule has 0 atom stereocenters. The first-order valence-electron chi connectivity index (χ1n) is 7.69. The van der Waals surface area contributed by atoms with Crippen molar-refractivity contribution in [3.8, 4) is 5.75 Å². The number of para-hydroxylation sites is 1. The van der Waals surface area contributed by atoms with Gasteiger partial charge in [0.05, 0.1) is 18.4 Å². The van der Waals surface area contributed by atoms with E-state index in [4.69, 9.17) is 9.47 Å². The third kappa shape index (κ3) is 3.84. The van der Waals surface area contributed by atoms with Crippen LogP contribution in [0.2, 0.25) is 0 Å². The summed E-state index contributed by atoms with van der Waals surface area (Å²) < 4.78 is 13.0. The number of hydrogen-bond donors (Lipinski definition) is 0. The van der Waals surface area contributed by atoms with Crippen LogP contribution in [0.1, 0.15) is 27.7 Å². The van der Waals surface area contributed by atoms with Crippen molar-refractivity contribution in [3.05, 3.63) is 23.0 Å². The zero-order valence-corrected chi connectivity index (χ0v) is 15.4. The number of carbonyl (C=O) groups excluding carboxylic acids is 2. The van der Waals surface area contributed by atoms with Crippen molar-refractivity contribution in [2.75, 3.05) is 13.7 Å². The number of rotatable bonds is 4. The molecule has 1 heterocycles. The summed E-state index contributed by atoms with van der Waals surface area (Å²) >= 11 is 1.35. The first kappa shape index (κ1) is 18.2. The molecule has 24 heavy (non-hydrogen) atoms. The molecule has 0 aliphatic heterocycles. The lowest BCUT2D eigenvalue weighted by atomic mass is 9.96. The number of nitrogens with zero attached hydrogens (tertiary/aromatic N) is 2. The molecular formula is C17H22N2O4S. The third-order valence-electron chi connectivity index (χ3n) is 3.32. The Balaban J connectivity index is 2.72. The number of ether oxygens (including phenoxy) is 2. The van der Waals surface area contributed by atoms with Gasteiger partial charge in [-0.15, -0.1) is 0 Å². The largest absolute Gasteiger partial charge is 0.492 e. The highest BCUT2D eigenvalue weighted by Crippen LogP contribution is 2.28. The summed E-state index contributed by atoms with van der Waals surface area (Å²) in [6.07, 6.45) is 0. The standard InChI is InChI=1S/C17H22N2O4S/c1-6-23-11-8-7-9-12-14(11)19(10-13(20)22-5)16(24-12)18-15(21)17(2,3)4/h7-9H,6,10H2,1-5H3. The molecule has 0 spiro atoms. The Bertz CT molecular complexity index is 827. The molecule has 1 aromatic carbocycles. The van der Waals surface area contributed by atoms with E-state index in [2.05, 4.69) is 4.99 Å². The summed E-state index contributed by atoms with van der Waals surface area (Å²) in [6.45, 7) is 7.79. The van der Waals surface area contributed by atoms with E-state index in [9.17, 15) is 9.59 Å². The lowest BCUT2D eigenvalue weighted by Gasteiger charge is -2.12. The number of carbonyl (C=O) groups is 2. The highest BCUT2D eigenvalue weighted by molar-refractivity contribution is 7.16. The summed E-state index contributed by atoms with van der Waals surface area (Å²) in [7, 11) is 1.33. The van der Waals surface area contributed by atoms with Gasteiger partial charge in [-0.1, -0.05) is 38.2 Å². The molecule has 0 unspecified atom stereocenters. The lowest BCUT2D eigenvalue weighted by Crippen LogP contribution is -2.26. The molecule has 0 radical (unpaired) electrons. The Labute approximate surface area is 144 Å². The van der Waals surface area contributed by atoms with Crippen LogP contribution in [0.3, 0.4) is 0 Å². The summed E-state index contributed by atoms with van der Waals surface area (Å²) in [5, 5.41) is 0. The van der Waals surface area contributed by atoms with E-state index in [1.807, 2.05) is 45.9 Å². The van der Waals surface area contributed by atoms with Gasteiger partial charge >= 0.3 is 5.97 Å².